The van der Waals surface area contributed by atoms with Gasteiger partial charge in [0, 0.05) is 22.1 Å². The van der Waals surface area contributed by atoms with E-state index in [-0.39, 0.29) is 23.7 Å². The number of hydrogen-bond acceptors (Lipinski definition) is 5. The van der Waals surface area contributed by atoms with E-state index in [4.69, 9.17) is 16.3 Å². The van der Waals surface area contributed by atoms with Crippen LogP contribution in [-0.4, -0.2) is 33.2 Å². The number of thioether (sulfide) groups is 1. The Bertz CT molecular complexity index is 1340. The van der Waals surface area contributed by atoms with Crippen LogP contribution in [-0.2, 0) is 16.1 Å². The lowest BCUT2D eigenvalue weighted by Crippen LogP contribution is -2.27. The van der Waals surface area contributed by atoms with Gasteiger partial charge in [0.2, 0.25) is 0 Å². The topological polar surface area (TPSA) is 68.6 Å². The fraction of sp³-hybridized carbons (Fsp3) is 0.250. The highest BCUT2D eigenvalue weighted by molar-refractivity contribution is 8.18. The Kier molecular flexibility index (Phi) is 8.01. The summed E-state index contributed by atoms with van der Waals surface area (Å²) < 4.78 is 7.33. The predicted molar refractivity (Wildman–Crippen MR) is 143 cm³/mol. The molecule has 36 heavy (non-hydrogen) atoms. The molecule has 3 aromatic rings. The number of unbranched alkanes of at least 4 members (excludes halogenated alkanes) is 1. The lowest BCUT2D eigenvalue weighted by molar-refractivity contribution is -0.123. The molecule has 0 bridgehead atoms. The lowest BCUT2D eigenvalue weighted by Gasteiger charge is -2.12. The summed E-state index contributed by atoms with van der Waals surface area (Å²) in [5, 5.41) is 0.255. The predicted octanol–water partition coefficient (Wildman–Crippen LogP) is 6.94. The zero-order valence-electron chi connectivity index (χ0n) is 20.4. The van der Waals surface area contributed by atoms with Crippen molar-refractivity contribution in [2.24, 2.45) is 0 Å². The first-order valence-corrected chi connectivity index (χ1v) is 12.9. The SMILES string of the molecule is CCCCOC(=O)c1ccc(-n2c(C)cc(/C=C3\SC(=O)N(Cc4cccc(Cl)c4)C3=O)c2C)cc1. The molecule has 8 heteroatoms. The Labute approximate surface area is 219 Å². The van der Waals surface area contributed by atoms with Gasteiger partial charge >= 0.3 is 5.97 Å². The van der Waals surface area contributed by atoms with E-state index in [0.29, 0.717) is 22.1 Å². The summed E-state index contributed by atoms with van der Waals surface area (Å²) in [6.07, 6.45) is 3.57. The van der Waals surface area contributed by atoms with Gasteiger partial charge in [-0.2, -0.15) is 0 Å². The van der Waals surface area contributed by atoms with E-state index >= 15 is 0 Å². The van der Waals surface area contributed by atoms with Crippen LogP contribution in [0, 0.1) is 13.8 Å². The van der Waals surface area contributed by atoms with Crippen LogP contribution in [0.2, 0.25) is 5.02 Å². The Morgan fingerprint density at radius 3 is 2.53 bits per heavy atom. The smallest absolute Gasteiger partial charge is 0.338 e. The molecule has 0 N–H and O–H groups in total. The first kappa shape index (κ1) is 25.8. The number of hydrogen-bond donors (Lipinski definition) is 0. The molecule has 186 valence electrons. The highest BCUT2D eigenvalue weighted by atomic mass is 35.5. The molecule has 4 rings (SSSR count). The third-order valence-corrected chi connectivity index (χ3v) is 7.09. The van der Waals surface area contributed by atoms with E-state index in [2.05, 4.69) is 0 Å². The second-order valence-corrected chi connectivity index (χ2v) is 10.0. The summed E-state index contributed by atoms with van der Waals surface area (Å²) in [5.74, 6) is -0.647. The summed E-state index contributed by atoms with van der Waals surface area (Å²) >= 11 is 6.98. The molecule has 6 nitrogen and oxygen atoms in total. The fourth-order valence-electron chi connectivity index (χ4n) is 4.07. The van der Waals surface area contributed by atoms with E-state index in [9.17, 15) is 14.4 Å². The molecule has 1 fully saturated rings. The molecular weight excluding hydrogens is 496 g/mol. The summed E-state index contributed by atoms with van der Waals surface area (Å²) in [6, 6.07) is 16.4. The van der Waals surface area contributed by atoms with Crippen molar-refractivity contribution in [3.8, 4) is 5.69 Å². The molecule has 2 heterocycles. The van der Waals surface area contributed by atoms with Gasteiger partial charge in [-0.15, -0.1) is 0 Å². The van der Waals surface area contributed by atoms with Crippen LogP contribution in [0.15, 0.2) is 59.5 Å². The summed E-state index contributed by atoms with van der Waals surface area (Å²) in [6.45, 7) is 6.57. The number of aromatic nitrogens is 1. The number of nitrogens with zero attached hydrogens (tertiary/aromatic N) is 2. The molecule has 1 saturated heterocycles. The second kappa shape index (κ2) is 11.2. The van der Waals surface area contributed by atoms with Crippen molar-refractivity contribution >= 4 is 46.6 Å². The van der Waals surface area contributed by atoms with Gasteiger partial charge in [-0.25, -0.2) is 4.79 Å². The molecule has 0 radical (unpaired) electrons. The van der Waals surface area contributed by atoms with Crippen LogP contribution in [0.25, 0.3) is 11.8 Å². The molecule has 1 aromatic heterocycles. The zero-order valence-corrected chi connectivity index (χ0v) is 22.0. The van der Waals surface area contributed by atoms with E-state index < -0.39 is 0 Å². The van der Waals surface area contributed by atoms with Crippen molar-refractivity contribution in [2.75, 3.05) is 6.61 Å². The zero-order chi connectivity index (χ0) is 25.8. The monoisotopic (exact) mass is 522 g/mol. The number of benzene rings is 2. The first-order chi connectivity index (χ1) is 17.3. The van der Waals surface area contributed by atoms with Crippen LogP contribution in [0.4, 0.5) is 4.79 Å². The molecule has 0 saturated carbocycles. The van der Waals surface area contributed by atoms with Gasteiger partial charge in [-0.05, 0) is 91.7 Å². The van der Waals surface area contributed by atoms with Crippen molar-refractivity contribution in [3.05, 3.63) is 92.6 Å². The second-order valence-electron chi connectivity index (χ2n) is 8.60. The average molecular weight is 523 g/mol. The molecule has 0 spiro atoms. The van der Waals surface area contributed by atoms with E-state index in [0.717, 1.165) is 52.8 Å². The third-order valence-electron chi connectivity index (χ3n) is 5.95. The Morgan fingerprint density at radius 1 is 1.08 bits per heavy atom. The molecule has 0 unspecified atom stereocenters. The minimum atomic E-state index is -0.329. The number of carbonyl (C=O) groups is 3. The maximum absolute atomic E-state index is 13.0. The van der Waals surface area contributed by atoms with Crippen LogP contribution < -0.4 is 0 Å². The quantitative estimate of drug-likeness (QED) is 0.182. The van der Waals surface area contributed by atoms with E-state index in [1.54, 1.807) is 36.4 Å². The lowest BCUT2D eigenvalue weighted by atomic mass is 10.2. The largest absolute Gasteiger partial charge is 0.462 e. The summed E-state index contributed by atoms with van der Waals surface area (Å²) in [5.41, 5.74) is 4.93. The molecule has 1 aliphatic heterocycles. The van der Waals surface area contributed by atoms with Gasteiger partial charge in [0.15, 0.2) is 0 Å². The van der Waals surface area contributed by atoms with Crippen LogP contribution in [0.5, 0.6) is 0 Å². The first-order valence-electron chi connectivity index (χ1n) is 11.7. The average Bonchev–Trinajstić information content (AvgIpc) is 3.28. The van der Waals surface area contributed by atoms with Crippen molar-refractivity contribution in [2.45, 2.75) is 40.2 Å². The number of ether oxygens (including phenoxy) is 1. The maximum atomic E-state index is 13.0. The number of carbonyl (C=O) groups excluding carboxylic acids is 3. The number of rotatable bonds is 8. The minimum Gasteiger partial charge on any atom is -0.462 e. The molecule has 0 atom stereocenters. The van der Waals surface area contributed by atoms with Gasteiger partial charge in [0.1, 0.15) is 0 Å². The molecule has 2 amide bonds. The van der Waals surface area contributed by atoms with Crippen LogP contribution in [0.1, 0.15) is 52.6 Å². The molecular formula is C28H27ClN2O4S. The number of esters is 1. The third kappa shape index (κ3) is 5.58. The fourth-order valence-corrected chi connectivity index (χ4v) is 5.11. The van der Waals surface area contributed by atoms with Gasteiger partial charge in [0.05, 0.1) is 23.6 Å². The standard InChI is InChI=1S/C28H27ClN2O4S/c1-4-5-13-35-27(33)21-9-11-24(12-10-21)31-18(2)14-22(19(31)3)16-25-26(32)30(28(34)36-25)17-20-7-6-8-23(29)15-20/h6-12,14-16H,4-5,13,17H2,1-3H3/b25-16-. The highest BCUT2D eigenvalue weighted by Gasteiger charge is 2.35. The normalized spacial score (nSPS) is 14.7. The van der Waals surface area contributed by atoms with Gasteiger partial charge in [-0.1, -0.05) is 37.1 Å². The van der Waals surface area contributed by atoms with Gasteiger partial charge in [-0.3, -0.25) is 14.5 Å². The Balaban J connectivity index is 1.53. The Hall–Kier alpha value is -3.29. The number of halogens is 1. The van der Waals surface area contributed by atoms with Crippen molar-refractivity contribution < 1.29 is 19.1 Å². The minimum absolute atomic E-state index is 0.175. The summed E-state index contributed by atoms with van der Waals surface area (Å²) in [4.78, 5) is 39.4. The number of imide groups is 1. The van der Waals surface area contributed by atoms with Crippen LogP contribution in [0.3, 0.4) is 0 Å². The van der Waals surface area contributed by atoms with E-state index in [1.165, 1.54) is 4.90 Å². The maximum Gasteiger partial charge on any atom is 0.338 e. The summed E-state index contributed by atoms with van der Waals surface area (Å²) in [7, 11) is 0. The molecule has 2 aromatic carbocycles. The van der Waals surface area contributed by atoms with Gasteiger partial charge < -0.3 is 9.30 Å². The van der Waals surface area contributed by atoms with Crippen molar-refractivity contribution in [1.82, 2.24) is 9.47 Å². The number of amides is 2. The van der Waals surface area contributed by atoms with Gasteiger partial charge in [0.25, 0.3) is 11.1 Å². The number of aryl methyl sites for hydroxylation is 1. The molecule has 0 aliphatic carbocycles. The van der Waals surface area contributed by atoms with Crippen molar-refractivity contribution in [1.29, 1.82) is 0 Å². The van der Waals surface area contributed by atoms with Crippen LogP contribution >= 0.6 is 23.4 Å². The molecule has 1 aliphatic rings. The highest BCUT2D eigenvalue weighted by Crippen LogP contribution is 2.35. The Morgan fingerprint density at radius 2 is 1.83 bits per heavy atom. The van der Waals surface area contributed by atoms with Crippen molar-refractivity contribution in [3.63, 3.8) is 0 Å². The van der Waals surface area contributed by atoms with E-state index in [1.807, 2.05) is 49.6 Å².